The Hall–Kier alpha value is -1.59. The number of ether oxygens (including phenoxy) is 3. The van der Waals surface area contributed by atoms with Crippen LogP contribution in [0.1, 0.15) is 241 Å². The largest absolute Gasteiger partial charge is 0.462 e. The SMILES string of the molecule is CCC(C)CCCCCCCCC(=O)OC[C@@H](COC(=O)CCCCCCCCCCCCCC(C)C)OC(=O)CCCCCCCCC(C)CC. The van der Waals surface area contributed by atoms with E-state index in [9.17, 15) is 14.4 Å². The highest BCUT2D eigenvalue weighted by Crippen LogP contribution is 2.17. The van der Waals surface area contributed by atoms with E-state index in [1.807, 2.05) is 0 Å². The lowest BCUT2D eigenvalue weighted by atomic mass is 10.00. The van der Waals surface area contributed by atoms with Gasteiger partial charge in [0.25, 0.3) is 0 Å². The van der Waals surface area contributed by atoms with Gasteiger partial charge in [-0.2, -0.15) is 0 Å². The molecule has 2 unspecified atom stereocenters. The van der Waals surface area contributed by atoms with Crippen LogP contribution in [-0.4, -0.2) is 37.2 Å². The molecular weight excluding hydrogens is 648 g/mol. The van der Waals surface area contributed by atoms with Gasteiger partial charge in [-0.15, -0.1) is 0 Å². The normalized spacial score (nSPS) is 13.2. The van der Waals surface area contributed by atoms with Gasteiger partial charge >= 0.3 is 17.9 Å². The van der Waals surface area contributed by atoms with Crippen LogP contribution in [0.25, 0.3) is 0 Å². The maximum absolute atomic E-state index is 12.7. The van der Waals surface area contributed by atoms with Crippen LogP contribution in [0.2, 0.25) is 0 Å². The van der Waals surface area contributed by atoms with Crippen molar-refractivity contribution in [2.75, 3.05) is 13.2 Å². The molecule has 52 heavy (non-hydrogen) atoms. The quantitative estimate of drug-likeness (QED) is 0.0355. The van der Waals surface area contributed by atoms with Crippen LogP contribution in [0, 0.1) is 17.8 Å². The van der Waals surface area contributed by atoms with Crippen molar-refractivity contribution in [2.24, 2.45) is 17.8 Å². The predicted octanol–water partition coefficient (Wildman–Crippen LogP) is 14.0. The summed E-state index contributed by atoms with van der Waals surface area (Å²) in [6, 6.07) is 0. The Morgan fingerprint density at radius 3 is 1.00 bits per heavy atom. The van der Waals surface area contributed by atoms with Crippen molar-refractivity contribution < 1.29 is 28.6 Å². The molecule has 0 radical (unpaired) electrons. The van der Waals surface area contributed by atoms with E-state index in [1.54, 1.807) is 0 Å². The summed E-state index contributed by atoms with van der Waals surface area (Å²) >= 11 is 0. The first-order valence-corrected chi connectivity index (χ1v) is 22.7. The second kappa shape index (κ2) is 37.7. The Balaban J connectivity index is 4.34. The van der Waals surface area contributed by atoms with E-state index in [2.05, 4.69) is 41.5 Å². The fourth-order valence-corrected chi connectivity index (χ4v) is 6.64. The van der Waals surface area contributed by atoms with E-state index in [0.29, 0.717) is 19.3 Å². The topological polar surface area (TPSA) is 78.9 Å². The zero-order valence-electron chi connectivity index (χ0n) is 35.6. The standard InChI is InChI=1S/C46H88O6/c1-7-41(5)33-27-21-16-18-24-30-36-45(48)51-39-43(52-46(49)37-31-25-19-17-22-28-34-42(6)8-2)38-50-44(47)35-29-23-15-13-11-9-10-12-14-20-26-32-40(3)4/h40-43H,7-39H2,1-6H3/t41?,42?,43-/m1/s1. The summed E-state index contributed by atoms with van der Waals surface area (Å²) in [6.45, 7) is 13.6. The number of carbonyl (C=O) groups is 3. The van der Waals surface area contributed by atoms with E-state index in [1.165, 1.54) is 122 Å². The van der Waals surface area contributed by atoms with Crippen molar-refractivity contribution in [1.82, 2.24) is 0 Å². The van der Waals surface area contributed by atoms with Crippen molar-refractivity contribution in [1.29, 1.82) is 0 Å². The van der Waals surface area contributed by atoms with Crippen molar-refractivity contribution in [3.8, 4) is 0 Å². The van der Waals surface area contributed by atoms with Gasteiger partial charge in [0, 0.05) is 19.3 Å². The minimum Gasteiger partial charge on any atom is -0.462 e. The highest BCUT2D eigenvalue weighted by Gasteiger charge is 2.19. The number of unbranched alkanes of at least 4 members (excludes halogenated alkanes) is 20. The van der Waals surface area contributed by atoms with Crippen molar-refractivity contribution in [3.63, 3.8) is 0 Å². The first-order chi connectivity index (χ1) is 25.2. The summed E-state index contributed by atoms with van der Waals surface area (Å²) in [5.41, 5.74) is 0. The fourth-order valence-electron chi connectivity index (χ4n) is 6.64. The van der Waals surface area contributed by atoms with Gasteiger partial charge in [0.2, 0.25) is 0 Å². The first-order valence-electron chi connectivity index (χ1n) is 22.7. The van der Waals surface area contributed by atoms with E-state index in [-0.39, 0.29) is 31.1 Å². The summed E-state index contributed by atoms with van der Waals surface area (Å²) in [6.07, 6.45) is 33.8. The van der Waals surface area contributed by atoms with E-state index < -0.39 is 6.10 Å². The highest BCUT2D eigenvalue weighted by molar-refractivity contribution is 5.71. The number of hydrogen-bond donors (Lipinski definition) is 0. The molecule has 6 heteroatoms. The molecule has 0 aliphatic heterocycles. The lowest BCUT2D eigenvalue weighted by Crippen LogP contribution is -2.30. The molecule has 0 saturated carbocycles. The summed E-state index contributed by atoms with van der Waals surface area (Å²) in [5, 5.41) is 0. The molecule has 308 valence electrons. The summed E-state index contributed by atoms with van der Waals surface area (Å²) in [7, 11) is 0. The Bertz CT molecular complexity index is 811. The molecule has 0 rings (SSSR count). The lowest BCUT2D eigenvalue weighted by Gasteiger charge is -2.18. The van der Waals surface area contributed by atoms with Gasteiger partial charge in [0.15, 0.2) is 6.10 Å². The fraction of sp³-hybridized carbons (Fsp3) is 0.935. The molecule has 0 aliphatic rings. The molecule has 0 amide bonds. The van der Waals surface area contributed by atoms with Gasteiger partial charge < -0.3 is 14.2 Å². The maximum Gasteiger partial charge on any atom is 0.306 e. The molecule has 0 saturated heterocycles. The third-order valence-corrected chi connectivity index (χ3v) is 10.9. The molecule has 0 spiro atoms. The Morgan fingerprint density at radius 2 is 0.673 bits per heavy atom. The van der Waals surface area contributed by atoms with Crippen LogP contribution < -0.4 is 0 Å². The van der Waals surface area contributed by atoms with Gasteiger partial charge in [-0.3, -0.25) is 14.4 Å². The first kappa shape index (κ1) is 50.4. The molecule has 6 nitrogen and oxygen atoms in total. The van der Waals surface area contributed by atoms with Crippen LogP contribution in [0.5, 0.6) is 0 Å². The van der Waals surface area contributed by atoms with Crippen molar-refractivity contribution in [2.45, 2.75) is 247 Å². The Kier molecular flexibility index (Phi) is 36.6. The summed E-state index contributed by atoms with van der Waals surface area (Å²) < 4.78 is 16.7. The molecule has 0 aliphatic carbocycles. The summed E-state index contributed by atoms with van der Waals surface area (Å²) in [4.78, 5) is 37.7. The molecule has 0 bridgehead atoms. The zero-order chi connectivity index (χ0) is 38.5. The Morgan fingerprint density at radius 1 is 0.385 bits per heavy atom. The molecular formula is C46H88O6. The van der Waals surface area contributed by atoms with Gasteiger partial charge in [0.05, 0.1) is 0 Å². The number of esters is 3. The average Bonchev–Trinajstić information content (AvgIpc) is 3.12. The monoisotopic (exact) mass is 737 g/mol. The number of hydrogen-bond acceptors (Lipinski definition) is 6. The number of rotatable bonds is 39. The minimum absolute atomic E-state index is 0.0673. The minimum atomic E-state index is -0.762. The summed E-state index contributed by atoms with van der Waals surface area (Å²) in [5.74, 6) is 1.58. The Labute approximate surface area is 323 Å². The molecule has 0 heterocycles. The smallest absolute Gasteiger partial charge is 0.306 e. The van der Waals surface area contributed by atoms with Crippen molar-refractivity contribution in [3.05, 3.63) is 0 Å². The van der Waals surface area contributed by atoms with E-state index in [4.69, 9.17) is 14.2 Å². The van der Waals surface area contributed by atoms with Crippen LogP contribution in [0.15, 0.2) is 0 Å². The van der Waals surface area contributed by atoms with Gasteiger partial charge in [-0.25, -0.2) is 0 Å². The molecule has 0 aromatic carbocycles. The van der Waals surface area contributed by atoms with Crippen LogP contribution in [0.3, 0.4) is 0 Å². The second-order valence-corrected chi connectivity index (χ2v) is 16.6. The van der Waals surface area contributed by atoms with E-state index >= 15 is 0 Å². The highest BCUT2D eigenvalue weighted by atomic mass is 16.6. The predicted molar refractivity (Wildman–Crippen MR) is 219 cm³/mol. The average molecular weight is 737 g/mol. The van der Waals surface area contributed by atoms with Gasteiger partial charge in [-0.05, 0) is 37.0 Å². The zero-order valence-corrected chi connectivity index (χ0v) is 35.6. The third kappa shape index (κ3) is 36.8. The van der Waals surface area contributed by atoms with E-state index in [0.717, 1.165) is 75.5 Å². The van der Waals surface area contributed by atoms with Crippen LogP contribution >= 0.6 is 0 Å². The van der Waals surface area contributed by atoms with Crippen LogP contribution in [0.4, 0.5) is 0 Å². The van der Waals surface area contributed by atoms with Gasteiger partial charge in [-0.1, -0.05) is 202 Å². The van der Waals surface area contributed by atoms with Crippen LogP contribution in [-0.2, 0) is 28.6 Å². The third-order valence-electron chi connectivity index (χ3n) is 10.9. The maximum atomic E-state index is 12.7. The molecule has 0 N–H and O–H groups in total. The molecule has 0 aromatic heterocycles. The molecule has 0 fully saturated rings. The van der Waals surface area contributed by atoms with Crippen molar-refractivity contribution >= 4 is 17.9 Å². The van der Waals surface area contributed by atoms with Gasteiger partial charge in [0.1, 0.15) is 13.2 Å². The second-order valence-electron chi connectivity index (χ2n) is 16.6. The molecule has 0 aromatic rings. The lowest BCUT2D eigenvalue weighted by molar-refractivity contribution is -0.167. The number of carbonyl (C=O) groups excluding carboxylic acids is 3. The molecule has 3 atom stereocenters.